The average Bonchev–Trinajstić information content (AvgIpc) is 3.30. The van der Waals surface area contributed by atoms with Crippen LogP contribution in [0.1, 0.15) is 24.3 Å². The Morgan fingerprint density at radius 3 is 3.09 bits per heavy atom. The van der Waals surface area contributed by atoms with E-state index in [0.717, 1.165) is 25.1 Å². The van der Waals surface area contributed by atoms with Gasteiger partial charge in [-0.3, -0.25) is 9.58 Å². The van der Waals surface area contributed by atoms with Gasteiger partial charge in [-0.25, -0.2) is 0 Å². The number of hydrogen-bond acceptors (Lipinski definition) is 6. The number of aromatic nitrogens is 4. The van der Waals surface area contributed by atoms with Crippen LogP contribution in [0.25, 0.3) is 11.7 Å². The second kappa shape index (κ2) is 6.00. The first-order valence-electron chi connectivity index (χ1n) is 7.88. The molecule has 0 bridgehead atoms. The van der Waals surface area contributed by atoms with Gasteiger partial charge in [-0.05, 0) is 38.4 Å². The Morgan fingerprint density at radius 2 is 2.30 bits per heavy atom. The molecule has 23 heavy (non-hydrogen) atoms. The number of likely N-dealkylation sites (tertiary alicyclic amines) is 1. The molecule has 0 N–H and O–H groups in total. The summed E-state index contributed by atoms with van der Waals surface area (Å²) in [5.41, 5.74) is 0.998. The molecule has 0 aliphatic carbocycles. The van der Waals surface area contributed by atoms with Gasteiger partial charge in [0, 0.05) is 24.0 Å². The molecule has 0 aromatic carbocycles. The van der Waals surface area contributed by atoms with Crippen LogP contribution in [0.2, 0.25) is 0 Å². The minimum Gasteiger partial charge on any atom is -0.459 e. The zero-order valence-corrected chi connectivity index (χ0v) is 13.1. The van der Waals surface area contributed by atoms with Gasteiger partial charge in [-0.15, -0.1) is 10.2 Å². The summed E-state index contributed by atoms with van der Waals surface area (Å²) in [7, 11) is 0. The van der Waals surface area contributed by atoms with Gasteiger partial charge in [-0.1, -0.05) is 0 Å². The summed E-state index contributed by atoms with van der Waals surface area (Å²) in [6, 6.07) is 4.30. The van der Waals surface area contributed by atoms with Gasteiger partial charge in [0.15, 0.2) is 5.76 Å². The third-order valence-corrected chi connectivity index (χ3v) is 4.32. The van der Waals surface area contributed by atoms with E-state index >= 15 is 0 Å². The van der Waals surface area contributed by atoms with Gasteiger partial charge in [0.05, 0.1) is 19.4 Å². The molecule has 0 spiro atoms. The largest absolute Gasteiger partial charge is 0.459 e. The van der Waals surface area contributed by atoms with Crippen molar-refractivity contribution in [2.24, 2.45) is 0 Å². The Balaban J connectivity index is 1.45. The molecule has 4 heterocycles. The molecule has 1 aliphatic heterocycles. The van der Waals surface area contributed by atoms with Gasteiger partial charge in [-0.2, -0.15) is 5.10 Å². The number of rotatable bonds is 5. The summed E-state index contributed by atoms with van der Waals surface area (Å²) in [6.45, 7) is 4.57. The van der Waals surface area contributed by atoms with Crippen molar-refractivity contribution in [3.63, 3.8) is 0 Å². The van der Waals surface area contributed by atoms with E-state index in [9.17, 15) is 0 Å². The lowest BCUT2D eigenvalue weighted by Gasteiger charge is -2.22. The summed E-state index contributed by atoms with van der Waals surface area (Å²) in [5.74, 6) is 1.73. The topological polar surface area (TPSA) is 73.1 Å². The highest BCUT2D eigenvalue weighted by Crippen LogP contribution is 2.25. The average molecular weight is 313 g/mol. The van der Waals surface area contributed by atoms with E-state index in [1.165, 1.54) is 6.42 Å². The maximum absolute atomic E-state index is 5.77. The Bertz CT molecular complexity index is 761. The molecular formula is C16H19N5O2. The number of hydrogen-bond donors (Lipinski definition) is 0. The summed E-state index contributed by atoms with van der Waals surface area (Å²) in [6.07, 6.45) is 7.80. The monoisotopic (exact) mass is 313 g/mol. The first kappa shape index (κ1) is 14.2. The Kier molecular flexibility index (Phi) is 3.70. The summed E-state index contributed by atoms with van der Waals surface area (Å²) >= 11 is 0. The molecule has 0 saturated carbocycles. The van der Waals surface area contributed by atoms with E-state index in [-0.39, 0.29) is 0 Å². The highest BCUT2D eigenvalue weighted by atomic mass is 16.4. The lowest BCUT2D eigenvalue weighted by molar-refractivity contribution is 0.200. The van der Waals surface area contributed by atoms with E-state index < -0.39 is 0 Å². The van der Waals surface area contributed by atoms with Crippen molar-refractivity contribution in [3.05, 3.63) is 42.2 Å². The summed E-state index contributed by atoms with van der Waals surface area (Å²) in [5, 5.41) is 12.6. The van der Waals surface area contributed by atoms with Crippen LogP contribution in [0, 0.1) is 6.92 Å². The van der Waals surface area contributed by atoms with Crippen LogP contribution in [0.5, 0.6) is 0 Å². The molecule has 1 aliphatic rings. The normalized spacial score (nSPS) is 18.7. The second-order valence-corrected chi connectivity index (χ2v) is 5.93. The van der Waals surface area contributed by atoms with Crippen molar-refractivity contribution >= 4 is 0 Å². The smallest absolute Gasteiger partial charge is 0.283 e. The molecular weight excluding hydrogens is 294 g/mol. The van der Waals surface area contributed by atoms with E-state index in [0.29, 0.717) is 30.1 Å². The molecule has 0 amide bonds. The molecule has 7 heteroatoms. The lowest BCUT2D eigenvalue weighted by Crippen LogP contribution is -2.32. The molecule has 3 aromatic rings. The minimum atomic E-state index is 0.449. The molecule has 7 nitrogen and oxygen atoms in total. The molecule has 1 atom stereocenters. The van der Waals surface area contributed by atoms with Crippen LogP contribution in [0.15, 0.2) is 39.6 Å². The SMILES string of the molecule is Cc1ccoc1-c1nnc(CN2CCC[C@@H]2Cn2cccn2)o1. The zero-order chi connectivity index (χ0) is 15.6. The maximum Gasteiger partial charge on any atom is 0.283 e. The lowest BCUT2D eigenvalue weighted by atomic mass is 10.2. The van der Waals surface area contributed by atoms with Crippen LogP contribution in [-0.2, 0) is 13.1 Å². The third kappa shape index (κ3) is 2.92. The zero-order valence-electron chi connectivity index (χ0n) is 13.1. The number of aryl methyl sites for hydroxylation is 1. The van der Waals surface area contributed by atoms with Crippen molar-refractivity contribution in [2.45, 2.75) is 38.9 Å². The van der Waals surface area contributed by atoms with E-state index in [1.54, 1.807) is 6.26 Å². The second-order valence-electron chi connectivity index (χ2n) is 5.93. The van der Waals surface area contributed by atoms with Crippen LogP contribution in [0.4, 0.5) is 0 Å². The van der Waals surface area contributed by atoms with E-state index in [4.69, 9.17) is 8.83 Å². The molecule has 120 valence electrons. The van der Waals surface area contributed by atoms with Crippen LogP contribution >= 0.6 is 0 Å². The van der Waals surface area contributed by atoms with E-state index in [2.05, 4.69) is 20.2 Å². The summed E-state index contributed by atoms with van der Waals surface area (Å²) < 4.78 is 13.2. The van der Waals surface area contributed by atoms with Crippen LogP contribution in [-0.4, -0.2) is 37.5 Å². The van der Waals surface area contributed by atoms with Crippen LogP contribution < -0.4 is 0 Å². The minimum absolute atomic E-state index is 0.449. The first-order valence-corrected chi connectivity index (χ1v) is 7.88. The molecule has 0 radical (unpaired) electrons. The standard InChI is InChI=1S/C16H19N5O2/c1-12-5-9-22-15(12)16-19-18-14(23-16)11-20-7-2-4-13(20)10-21-8-3-6-17-21/h3,5-6,8-9,13H,2,4,7,10-11H2,1H3/t13-/m1/s1. The maximum atomic E-state index is 5.77. The fourth-order valence-corrected chi connectivity index (χ4v) is 3.11. The molecule has 0 unspecified atom stereocenters. The Morgan fingerprint density at radius 1 is 1.35 bits per heavy atom. The molecule has 1 fully saturated rings. The molecule has 1 saturated heterocycles. The predicted octanol–water partition coefficient (Wildman–Crippen LogP) is 2.50. The highest BCUT2D eigenvalue weighted by Gasteiger charge is 2.27. The molecule has 4 rings (SSSR count). The fourth-order valence-electron chi connectivity index (χ4n) is 3.11. The highest BCUT2D eigenvalue weighted by molar-refractivity contribution is 5.49. The quantitative estimate of drug-likeness (QED) is 0.720. The third-order valence-electron chi connectivity index (χ3n) is 4.32. The van der Waals surface area contributed by atoms with Crippen molar-refractivity contribution in [3.8, 4) is 11.7 Å². The Labute approximate surface area is 133 Å². The number of furan rings is 1. The van der Waals surface area contributed by atoms with Crippen LogP contribution in [0.3, 0.4) is 0 Å². The van der Waals surface area contributed by atoms with Crippen molar-refractivity contribution in [1.29, 1.82) is 0 Å². The van der Waals surface area contributed by atoms with Gasteiger partial charge in [0.25, 0.3) is 5.89 Å². The van der Waals surface area contributed by atoms with Gasteiger partial charge >= 0.3 is 0 Å². The van der Waals surface area contributed by atoms with Crippen molar-refractivity contribution in [2.75, 3.05) is 6.54 Å². The van der Waals surface area contributed by atoms with Crippen molar-refractivity contribution in [1.82, 2.24) is 24.9 Å². The predicted molar refractivity (Wildman–Crippen MR) is 82.4 cm³/mol. The van der Waals surface area contributed by atoms with Crippen molar-refractivity contribution < 1.29 is 8.83 Å². The van der Waals surface area contributed by atoms with Gasteiger partial charge in [0.2, 0.25) is 5.89 Å². The van der Waals surface area contributed by atoms with Gasteiger partial charge < -0.3 is 8.83 Å². The summed E-state index contributed by atoms with van der Waals surface area (Å²) in [4.78, 5) is 2.38. The fraction of sp³-hybridized carbons (Fsp3) is 0.438. The van der Waals surface area contributed by atoms with Gasteiger partial charge in [0.1, 0.15) is 0 Å². The van der Waals surface area contributed by atoms with E-state index in [1.807, 2.05) is 36.1 Å². The first-order chi connectivity index (χ1) is 11.3. The molecule has 3 aromatic heterocycles. The Hall–Kier alpha value is -2.41. The number of nitrogens with zero attached hydrogens (tertiary/aromatic N) is 5.